The molecule has 0 bridgehead atoms. The zero-order chi connectivity index (χ0) is 31.6. The molecule has 0 saturated heterocycles. The Kier molecular flexibility index (Phi) is 17.0. The van der Waals surface area contributed by atoms with Crippen LogP contribution in [0.2, 0.25) is 0 Å². The molecule has 44 heavy (non-hydrogen) atoms. The second-order valence-corrected chi connectivity index (χ2v) is 13.6. The second kappa shape index (κ2) is 20.7. The van der Waals surface area contributed by atoms with Crippen molar-refractivity contribution in [1.82, 2.24) is 0 Å². The van der Waals surface area contributed by atoms with Crippen molar-refractivity contribution in [3.05, 3.63) is 91.9 Å². The summed E-state index contributed by atoms with van der Waals surface area (Å²) in [7, 11) is 0. The Morgan fingerprint density at radius 2 is 0.932 bits per heavy atom. The third-order valence-electron chi connectivity index (χ3n) is 8.34. The Morgan fingerprint density at radius 3 is 1.27 bits per heavy atom. The molecule has 3 aromatic rings. The highest BCUT2D eigenvalue weighted by molar-refractivity contribution is 9.11. The van der Waals surface area contributed by atoms with Gasteiger partial charge < -0.3 is 9.47 Å². The smallest absolute Gasteiger partial charge is 0.119 e. The molecule has 2 atom stereocenters. The van der Waals surface area contributed by atoms with Crippen molar-refractivity contribution < 1.29 is 9.47 Å². The van der Waals surface area contributed by atoms with Crippen LogP contribution in [0.3, 0.4) is 0 Å². The largest absolute Gasteiger partial charge is 0.493 e. The summed E-state index contributed by atoms with van der Waals surface area (Å²) < 4.78 is 14.3. The van der Waals surface area contributed by atoms with Gasteiger partial charge in [-0.2, -0.15) is 0 Å². The highest BCUT2D eigenvalue weighted by atomic mass is 79.9. The molecule has 0 aliphatic heterocycles. The summed E-state index contributed by atoms with van der Waals surface area (Å²) in [5.74, 6) is 3.17. The summed E-state index contributed by atoms with van der Waals surface area (Å²) in [4.78, 5) is 0. The summed E-state index contributed by atoms with van der Waals surface area (Å²) >= 11 is 7.55. The normalized spacial score (nSPS) is 13.0. The van der Waals surface area contributed by atoms with Gasteiger partial charge in [0.2, 0.25) is 0 Å². The van der Waals surface area contributed by atoms with E-state index >= 15 is 0 Å². The van der Waals surface area contributed by atoms with Gasteiger partial charge in [-0.1, -0.05) is 159 Å². The lowest BCUT2D eigenvalue weighted by Gasteiger charge is -2.15. The average molecular weight is 725 g/mol. The van der Waals surface area contributed by atoms with Crippen LogP contribution in [0.15, 0.2) is 69.6 Å². The SMILES string of the molecule is CCCCCC(CC)COc1ccc(/C=C/c2cc(Br)c(/C=C/c3ccc(OCC(CC)CCCCC)cc3)cc2Br)cc1. The van der Waals surface area contributed by atoms with Gasteiger partial charge in [0.1, 0.15) is 11.5 Å². The molecule has 0 fully saturated rings. The summed E-state index contributed by atoms with van der Waals surface area (Å²) in [6.45, 7) is 10.6. The van der Waals surface area contributed by atoms with Crippen molar-refractivity contribution >= 4 is 56.2 Å². The Bertz CT molecular complexity index is 1180. The highest BCUT2D eigenvalue weighted by Crippen LogP contribution is 2.29. The minimum absolute atomic E-state index is 0.637. The molecule has 0 aliphatic rings. The fourth-order valence-electron chi connectivity index (χ4n) is 5.16. The maximum Gasteiger partial charge on any atom is 0.119 e. The van der Waals surface area contributed by atoms with Gasteiger partial charge in [0.15, 0.2) is 0 Å². The third-order valence-corrected chi connectivity index (χ3v) is 9.72. The first-order valence-corrected chi connectivity index (χ1v) is 18.3. The van der Waals surface area contributed by atoms with Crippen LogP contribution in [0.1, 0.15) is 114 Å². The Balaban J connectivity index is 1.53. The van der Waals surface area contributed by atoms with E-state index < -0.39 is 0 Å². The van der Waals surface area contributed by atoms with Crippen molar-refractivity contribution in [3.63, 3.8) is 0 Å². The molecular formula is C40H52Br2O2. The van der Waals surface area contributed by atoms with E-state index in [9.17, 15) is 0 Å². The Labute approximate surface area is 284 Å². The van der Waals surface area contributed by atoms with E-state index in [0.717, 1.165) is 55.9 Å². The predicted octanol–water partition coefficient (Wildman–Crippen LogP) is 13.5. The summed E-state index contributed by atoms with van der Waals surface area (Å²) in [5, 5.41) is 0. The first-order valence-electron chi connectivity index (χ1n) is 16.8. The molecule has 0 heterocycles. The van der Waals surface area contributed by atoms with Gasteiger partial charge in [-0.3, -0.25) is 0 Å². The van der Waals surface area contributed by atoms with Crippen molar-refractivity contribution in [2.75, 3.05) is 13.2 Å². The summed E-state index contributed by atoms with van der Waals surface area (Å²) in [6, 6.07) is 21.1. The van der Waals surface area contributed by atoms with Gasteiger partial charge in [0.05, 0.1) is 13.2 Å². The molecule has 3 rings (SSSR count). The molecule has 0 aliphatic carbocycles. The van der Waals surface area contributed by atoms with Crippen LogP contribution >= 0.6 is 31.9 Å². The molecule has 0 amide bonds. The molecule has 0 aromatic heterocycles. The first-order chi connectivity index (χ1) is 21.4. The van der Waals surface area contributed by atoms with Crippen LogP contribution in [-0.4, -0.2) is 13.2 Å². The fraction of sp³-hybridized carbons (Fsp3) is 0.450. The van der Waals surface area contributed by atoms with E-state index in [-0.39, 0.29) is 0 Å². The van der Waals surface area contributed by atoms with Crippen LogP contribution in [-0.2, 0) is 0 Å². The van der Waals surface area contributed by atoms with Gasteiger partial charge >= 0.3 is 0 Å². The maximum atomic E-state index is 6.10. The molecule has 0 radical (unpaired) electrons. The standard InChI is InChI=1S/C40H52Br2O2/c1-5-9-11-13-31(7-3)29-43-37-23-17-33(18-24-37)15-21-35-27-40(42)36(28-39(35)41)22-16-34-19-25-38(26-20-34)44-30-32(8-4)14-12-10-6-2/h15-28,31-32H,5-14,29-30H2,1-4H3/b21-15+,22-16+. The van der Waals surface area contributed by atoms with E-state index in [4.69, 9.17) is 9.47 Å². The van der Waals surface area contributed by atoms with E-state index in [1.165, 1.54) is 64.2 Å². The lowest BCUT2D eigenvalue weighted by atomic mass is 10.00. The topological polar surface area (TPSA) is 18.5 Å². The van der Waals surface area contributed by atoms with Crippen molar-refractivity contribution in [1.29, 1.82) is 0 Å². The predicted molar refractivity (Wildman–Crippen MR) is 199 cm³/mol. The fourth-order valence-corrected chi connectivity index (χ4v) is 6.15. The molecule has 3 aromatic carbocycles. The average Bonchev–Trinajstić information content (AvgIpc) is 3.05. The van der Waals surface area contributed by atoms with Crippen LogP contribution in [0.25, 0.3) is 24.3 Å². The van der Waals surface area contributed by atoms with Crippen LogP contribution in [0.4, 0.5) is 0 Å². The second-order valence-electron chi connectivity index (χ2n) is 11.9. The van der Waals surface area contributed by atoms with E-state index in [1.807, 2.05) is 0 Å². The Hall–Kier alpha value is -2.30. The molecule has 0 spiro atoms. The van der Waals surface area contributed by atoms with Crippen LogP contribution < -0.4 is 9.47 Å². The zero-order valence-corrected chi connectivity index (χ0v) is 30.5. The van der Waals surface area contributed by atoms with E-state index in [2.05, 4.69) is 145 Å². The molecule has 0 saturated carbocycles. The molecule has 2 unspecified atom stereocenters. The number of rotatable bonds is 20. The number of halogens is 2. The number of hydrogen-bond acceptors (Lipinski definition) is 2. The van der Waals surface area contributed by atoms with Crippen molar-refractivity contribution in [3.8, 4) is 11.5 Å². The summed E-state index contributed by atoms with van der Waals surface area (Å²) in [5.41, 5.74) is 4.53. The van der Waals surface area contributed by atoms with Gasteiger partial charge in [-0.15, -0.1) is 0 Å². The van der Waals surface area contributed by atoms with E-state index in [0.29, 0.717) is 11.8 Å². The number of unbranched alkanes of at least 4 members (excludes halogenated alkanes) is 4. The minimum atomic E-state index is 0.637. The van der Waals surface area contributed by atoms with Gasteiger partial charge in [0.25, 0.3) is 0 Å². The number of benzene rings is 3. The quantitative estimate of drug-likeness (QED) is 0.0853. The highest BCUT2D eigenvalue weighted by Gasteiger charge is 2.09. The molecule has 4 heteroatoms. The molecule has 0 N–H and O–H groups in total. The molecule has 2 nitrogen and oxygen atoms in total. The van der Waals surface area contributed by atoms with E-state index in [1.54, 1.807) is 0 Å². The molecular weight excluding hydrogens is 672 g/mol. The lowest BCUT2D eigenvalue weighted by Crippen LogP contribution is -2.11. The van der Waals surface area contributed by atoms with Crippen molar-refractivity contribution in [2.45, 2.75) is 91.9 Å². The van der Waals surface area contributed by atoms with Crippen LogP contribution in [0, 0.1) is 11.8 Å². The minimum Gasteiger partial charge on any atom is -0.493 e. The number of ether oxygens (including phenoxy) is 2. The maximum absolute atomic E-state index is 6.10. The molecule has 238 valence electrons. The van der Waals surface area contributed by atoms with Gasteiger partial charge in [-0.25, -0.2) is 0 Å². The first kappa shape index (κ1) is 36.2. The third kappa shape index (κ3) is 13.0. The van der Waals surface area contributed by atoms with Gasteiger partial charge in [-0.05, 0) is 83.3 Å². The zero-order valence-electron chi connectivity index (χ0n) is 27.3. The van der Waals surface area contributed by atoms with Crippen molar-refractivity contribution in [2.24, 2.45) is 11.8 Å². The van der Waals surface area contributed by atoms with Crippen LogP contribution in [0.5, 0.6) is 11.5 Å². The Morgan fingerprint density at radius 1 is 0.545 bits per heavy atom. The monoisotopic (exact) mass is 722 g/mol. The number of hydrogen-bond donors (Lipinski definition) is 0. The van der Waals surface area contributed by atoms with Gasteiger partial charge in [0, 0.05) is 8.95 Å². The lowest BCUT2D eigenvalue weighted by molar-refractivity contribution is 0.232. The summed E-state index contributed by atoms with van der Waals surface area (Å²) in [6.07, 6.45) is 21.2.